The lowest BCUT2D eigenvalue weighted by Gasteiger charge is -2.35. The quantitative estimate of drug-likeness (QED) is 0.588. The molecule has 2 aliphatic heterocycles. The van der Waals surface area contributed by atoms with Gasteiger partial charge >= 0.3 is 5.97 Å². The molecule has 0 bridgehead atoms. The van der Waals surface area contributed by atoms with Crippen molar-refractivity contribution in [3.63, 3.8) is 0 Å². The highest BCUT2D eigenvalue weighted by molar-refractivity contribution is 6.17. The Bertz CT molecular complexity index is 1410. The zero-order valence-electron chi connectivity index (χ0n) is 17.9. The van der Waals surface area contributed by atoms with Gasteiger partial charge in [-0.25, -0.2) is 4.79 Å². The molecule has 4 heterocycles. The first-order valence-electron chi connectivity index (χ1n) is 10.2. The number of hydrogen-bond acceptors (Lipinski definition) is 7. The molecule has 9 heteroatoms. The Kier molecular flexibility index (Phi) is 4.56. The molecule has 3 aromatic rings. The highest BCUT2D eigenvalue weighted by Crippen LogP contribution is 2.52. The Morgan fingerprint density at radius 1 is 1.21 bits per heavy atom. The van der Waals surface area contributed by atoms with E-state index in [0.717, 1.165) is 0 Å². The van der Waals surface area contributed by atoms with Gasteiger partial charge in [0.2, 0.25) is 11.8 Å². The zero-order valence-corrected chi connectivity index (χ0v) is 17.9. The van der Waals surface area contributed by atoms with E-state index in [4.69, 9.17) is 15.2 Å². The van der Waals surface area contributed by atoms with Crippen molar-refractivity contribution in [3.8, 4) is 5.75 Å². The highest BCUT2D eigenvalue weighted by Gasteiger charge is 2.60. The van der Waals surface area contributed by atoms with Gasteiger partial charge in [-0.15, -0.1) is 0 Å². The van der Waals surface area contributed by atoms with Crippen LogP contribution in [0.2, 0.25) is 0 Å². The summed E-state index contributed by atoms with van der Waals surface area (Å²) in [6.07, 6.45) is 1.64. The Balaban J connectivity index is 1.86. The van der Waals surface area contributed by atoms with Gasteiger partial charge in [-0.1, -0.05) is 24.3 Å². The van der Waals surface area contributed by atoms with E-state index in [2.05, 4.69) is 10.3 Å². The van der Waals surface area contributed by atoms with E-state index in [1.54, 1.807) is 55.6 Å². The van der Waals surface area contributed by atoms with Gasteiger partial charge < -0.3 is 25.1 Å². The van der Waals surface area contributed by atoms with Gasteiger partial charge in [0.1, 0.15) is 16.7 Å². The van der Waals surface area contributed by atoms with Crippen LogP contribution >= 0.6 is 0 Å². The van der Waals surface area contributed by atoms with Crippen LogP contribution in [0.3, 0.4) is 0 Å². The van der Waals surface area contributed by atoms with Crippen LogP contribution in [-0.4, -0.2) is 28.5 Å². The smallest absolute Gasteiger partial charge is 0.340 e. The number of nitrogens with one attached hydrogen (secondary N) is 1. The molecule has 3 N–H and O–H groups in total. The number of carbonyl (C=O) groups is 2. The molecule has 0 radical (unpaired) electrons. The molecule has 33 heavy (non-hydrogen) atoms. The average Bonchev–Trinajstić information content (AvgIpc) is 3.08. The van der Waals surface area contributed by atoms with Crippen LogP contribution in [-0.2, 0) is 26.3 Å². The summed E-state index contributed by atoms with van der Waals surface area (Å²) in [4.78, 5) is 44.8. The van der Waals surface area contributed by atoms with E-state index < -0.39 is 22.9 Å². The molecule has 9 nitrogen and oxygen atoms in total. The fraction of sp³-hybridized carbons (Fsp3) is 0.167. The second-order valence-corrected chi connectivity index (χ2v) is 7.82. The summed E-state index contributed by atoms with van der Waals surface area (Å²) in [5.41, 5.74) is 5.76. The summed E-state index contributed by atoms with van der Waals surface area (Å²) in [6.45, 7) is 1.92. The van der Waals surface area contributed by atoms with Crippen LogP contribution in [0.4, 0.5) is 5.69 Å². The minimum Gasteiger partial charge on any atom is -0.465 e. The molecular weight excluding hydrogens is 424 g/mol. The van der Waals surface area contributed by atoms with E-state index in [9.17, 15) is 14.4 Å². The number of hydrogen-bond donors (Lipinski definition) is 2. The molecule has 0 aliphatic carbocycles. The van der Waals surface area contributed by atoms with Crippen molar-refractivity contribution < 1.29 is 19.1 Å². The minimum atomic E-state index is -1.82. The molecule has 166 valence electrons. The molecule has 1 aromatic carbocycles. The number of fused-ring (bicyclic) bond motifs is 4. The van der Waals surface area contributed by atoms with Crippen molar-refractivity contribution in [2.24, 2.45) is 5.73 Å². The highest BCUT2D eigenvalue weighted by atomic mass is 16.5. The third kappa shape index (κ3) is 2.78. The maximum Gasteiger partial charge on any atom is 0.340 e. The van der Waals surface area contributed by atoms with Crippen LogP contribution in [0.15, 0.2) is 71.0 Å². The first kappa shape index (κ1) is 20.5. The molecule has 1 amide bonds. The van der Waals surface area contributed by atoms with E-state index >= 15 is 0 Å². The summed E-state index contributed by atoms with van der Waals surface area (Å²) in [6, 6.07) is 13.9. The number of methoxy groups -OCH3 is 1. The lowest BCUT2D eigenvalue weighted by molar-refractivity contribution is -0.138. The number of benzene rings is 1. The normalized spacial score (nSPS) is 18.4. The molecule has 1 unspecified atom stereocenters. The van der Waals surface area contributed by atoms with Crippen molar-refractivity contribution >= 4 is 17.6 Å². The van der Waals surface area contributed by atoms with Crippen molar-refractivity contribution in [2.75, 3.05) is 12.4 Å². The number of aromatic nitrogens is 2. The summed E-state index contributed by atoms with van der Waals surface area (Å²) in [5.74, 6) is -1.61. The number of aryl methyl sites for hydroxylation is 1. The van der Waals surface area contributed by atoms with Crippen molar-refractivity contribution in [2.45, 2.75) is 18.9 Å². The van der Waals surface area contributed by atoms with Gasteiger partial charge in [0.25, 0.3) is 5.56 Å². The SMILES string of the molecule is COC(=O)C1=C(N)Oc2cc(C)n(Cc3ccccn3)c(=O)c2C12C(=O)Nc1ccccc12. The van der Waals surface area contributed by atoms with E-state index in [1.165, 1.54) is 11.7 Å². The van der Waals surface area contributed by atoms with Crippen LogP contribution in [0.1, 0.15) is 22.5 Å². The third-order valence-electron chi connectivity index (χ3n) is 6.04. The molecule has 0 saturated carbocycles. The predicted octanol–water partition coefficient (Wildman–Crippen LogP) is 1.57. The van der Waals surface area contributed by atoms with Crippen molar-refractivity contribution in [3.05, 3.63) is 99.1 Å². The number of nitrogens with two attached hydrogens (primary N) is 1. The average molecular weight is 444 g/mol. The maximum absolute atomic E-state index is 14.0. The van der Waals surface area contributed by atoms with Crippen LogP contribution in [0.25, 0.3) is 0 Å². The molecule has 5 rings (SSSR count). The molecule has 2 aliphatic rings. The summed E-state index contributed by atoms with van der Waals surface area (Å²) < 4.78 is 12.2. The molecule has 0 saturated heterocycles. The summed E-state index contributed by atoms with van der Waals surface area (Å²) >= 11 is 0. The largest absolute Gasteiger partial charge is 0.465 e. The Hall–Kier alpha value is -4.40. The molecule has 1 atom stereocenters. The van der Waals surface area contributed by atoms with Gasteiger partial charge in [0.05, 0.1) is 24.9 Å². The maximum atomic E-state index is 14.0. The van der Waals surface area contributed by atoms with Crippen molar-refractivity contribution in [1.82, 2.24) is 9.55 Å². The van der Waals surface area contributed by atoms with E-state index in [1.807, 2.05) is 6.07 Å². The van der Waals surface area contributed by atoms with Crippen LogP contribution in [0, 0.1) is 6.92 Å². The number of rotatable bonds is 3. The van der Waals surface area contributed by atoms with E-state index in [-0.39, 0.29) is 29.3 Å². The summed E-state index contributed by atoms with van der Waals surface area (Å²) in [7, 11) is 1.18. The Labute approximate surface area is 188 Å². The minimum absolute atomic E-state index is 0.00100. The lowest BCUT2D eigenvalue weighted by Crippen LogP contribution is -2.50. The molecule has 1 spiro atoms. The fourth-order valence-electron chi connectivity index (χ4n) is 4.61. The number of nitrogens with zero attached hydrogens (tertiary/aromatic N) is 2. The Morgan fingerprint density at radius 2 is 1.97 bits per heavy atom. The van der Waals surface area contributed by atoms with Crippen LogP contribution < -0.4 is 21.3 Å². The topological polar surface area (TPSA) is 126 Å². The number of anilines is 1. The number of esters is 1. The van der Waals surface area contributed by atoms with Gasteiger partial charge in [0.15, 0.2) is 0 Å². The fourth-order valence-corrected chi connectivity index (χ4v) is 4.61. The second-order valence-electron chi connectivity index (χ2n) is 7.82. The zero-order chi connectivity index (χ0) is 23.3. The number of para-hydroxylation sites is 1. The standard InChI is InChI=1S/C24H20N4O5/c1-13-11-17-18(21(29)28(13)12-14-7-5-6-10-26-14)24(19(20(25)33-17)22(30)32-2)15-8-3-4-9-16(15)27-23(24)31/h3-11H,12,25H2,1-2H3,(H,27,31). The molecule has 0 fully saturated rings. The number of ether oxygens (including phenoxy) is 2. The molecule has 2 aromatic heterocycles. The monoisotopic (exact) mass is 444 g/mol. The predicted molar refractivity (Wildman–Crippen MR) is 118 cm³/mol. The van der Waals surface area contributed by atoms with E-state index in [0.29, 0.717) is 22.6 Å². The number of carbonyl (C=O) groups excluding carboxylic acids is 2. The van der Waals surface area contributed by atoms with Gasteiger partial charge in [0, 0.05) is 29.2 Å². The lowest BCUT2D eigenvalue weighted by atomic mass is 9.68. The van der Waals surface area contributed by atoms with Crippen LogP contribution in [0.5, 0.6) is 5.75 Å². The Morgan fingerprint density at radius 3 is 2.70 bits per heavy atom. The summed E-state index contributed by atoms with van der Waals surface area (Å²) in [5, 5.41) is 2.79. The number of pyridine rings is 2. The first-order chi connectivity index (χ1) is 15.9. The van der Waals surface area contributed by atoms with Gasteiger partial charge in [-0.3, -0.25) is 14.6 Å². The number of amides is 1. The van der Waals surface area contributed by atoms with Crippen molar-refractivity contribution in [1.29, 1.82) is 0 Å². The second kappa shape index (κ2) is 7.33. The first-order valence-corrected chi connectivity index (χ1v) is 10.2. The third-order valence-corrected chi connectivity index (χ3v) is 6.04. The van der Waals surface area contributed by atoms with Gasteiger partial charge in [-0.05, 0) is 25.1 Å². The van der Waals surface area contributed by atoms with Gasteiger partial charge in [-0.2, -0.15) is 0 Å². The molecular formula is C24H20N4O5.